The van der Waals surface area contributed by atoms with Gasteiger partial charge in [-0.2, -0.15) is 0 Å². The van der Waals surface area contributed by atoms with Gasteiger partial charge in [-0.3, -0.25) is 9.59 Å². The number of likely N-dealkylation sites (N-methyl/N-ethyl adjacent to an activating group) is 2. The predicted octanol–water partition coefficient (Wildman–Crippen LogP) is 8.17. The van der Waals surface area contributed by atoms with Crippen LogP contribution in [0.15, 0.2) is 48.5 Å². The van der Waals surface area contributed by atoms with Gasteiger partial charge in [-0.1, -0.05) is 18.2 Å². The number of ether oxygens (including phenoxy) is 9. The molecule has 2 aliphatic heterocycles. The number of hydrogen-bond donors (Lipinski definition) is 0. The Morgan fingerprint density at radius 1 is 0.615 bits per heavy atom. The summed E-state index contributed by atoms with van der Waals surface area (Å²) in [5, 5.41) is 0. The maximum absolute atomic E-state index is 12.9. The Bertz CT molecular complexity index is 2330. The van der Waals surface area contributed by atoms with E-state index in [1.807, 2.05) is 24.3 Å². The van der Waals surface area contributed by atoms with Gasteiger partial charge in [-0.15, -0.1) is 0 Å². The molecule has 2 heterocycles. The summed E-state index contributed by atoms with van der Waals surface area (Å²) in [6, 6.07) is 16.5. The summed E-state index contributed by atoms with van der Waals surface area (Å²) in [7, 11) is 16.2. The third-order valence-electron chi connectivity index (χ3n) is 13.7. The molecule has 65 heavy (non-hydrogen) atoms. The fourth-order valence-electron chi connectivity index (χ4n) is 9.90. The summed E-state index contributed by atoms with van der Waals surface area (Å²) in [6.45, 7) is 9.03. The number of methoxy groups -OCH3 is 7. The number of benzene rings is 4. The van der Waals surface area contributed by atoms with Crippen molar-refractivity contribution < 1.29 is 61.2 Å². The van der Waals surface area contributed by atoms with Gasteiger partial charge in [0.1, 0.15) is 18.3 Å². The minimum atomic E-state index is -0.399. The molecule has 0 N–H and O–H groups in total. The first-order valence-corrected chi connectivity index (χ1v) is 22.6. The Morgan fingerprint density at radius 2 is 1.20 bits per heavy atom. The van der Waals surface area contributed by atoms with Gasteiger partial charge in [0.15, 0.2) is 34.5 Å². The summed E-state index contributed by atoms with van der Waals surface area (Å²) in [5.74, 6) is 4.18. The van der Waals surface area contributed by atoms with Crippen LogP contribution >= 0.6 is 0 Å². The zero-order chi connectivity index (χ0) is 46.9. The summed E-state index contributed by atoms with van der Waals surface area (Å²) in [4.78, 5) is 25.7. The van der Waals surface area contributed by atoms with E-state index in [0.29, 0.717) is 47.3 Å². The number of nitrogens with zero attached hydrogens (tertiary/aromatic N) is 2. The molecule has 0 fully saturated rings. The van der Waals surface area contributed by atoms with Crippen molar-refractivity contribution in [2.24, 2.45) is 0 Å². The third kappa shape index (κ3) is 10.9. The van der Waals surface area contributed by atoms with Gasteiger partial charge in [-0.25, -0.2) is 0 Å². The Balaban J connectivity index is 1.00. The van der Waals surface area contributed by atoms with E-state index in [1.165, 1.54) is 27.8 Å². The number of rotatable bonds is 21. The first-order chi connectivity index (χ1) is 31.2. The third-order valence-corrected chi connectivity index (χ3v) is 13.7. The minimum Gasteiger partial charge on any atom is -0.496 e. The highest BCUT2D eigenvalue weighted by Crippen LogP contribution is 2.48. The van der Waals surface area contributed by atoms with E-state index >= 15 is 0 Å². The molecule has 3 unspecified atom stereocenters. The highest BCUT2D eigenvalue weighted by Gasteiger charge is 2.42. The van der Waals surface area contributed by atoms with E-state index in [4.69, 9.17) is 42.6 Å². The van der Waals surface area contributed by atoms with Crippen molar-refractivity contribution in [2.45, 2.75) is 71.4 Å². The van der Waals surface area contributed by atoms with E-state index in [1.54, 1.807) is 49.8 Å². The zero-order valence-corrected chi connectivity index (χ0v) is 40.5. The van der Waals surface area contributed by atoms with Crippen molar-refractivity contribution >= 4 is 11.9 Å². The Labute approximate surface area is 385 Å². The SMILES string of the molecule is COc1ccc(CC2c3c(cc(C)c(C)c3OC)CC[N+]2(C)CCCOC(=O)CCC(=O)OCCC[N+]2(C)CCc3cc(OC)c(OC)c(-c4ccc(OC)c(OC)c4)c3C2)cc1OC. The van der Waals surface area contributed by atoms with E-state index in [9.17, 15) is 9.59 Å². The monoisotopic (exact) mass is 898 g/mol. The molecule has 0 amide bonds. The molecule has 4 aromatic rings. The minimum absolute atomic E-state index is 0.0227. The first-order valence-electron chi connectivity index (χ1n) is 22.6. The topological polar surface area (TPSA) is 117 Å². The molecule has 0 saturated heterocycles. The van der Waals surface area contributed by atoms with Gasteiger partial charge in [-0.05, 0) is 77.6 Å². The molecule has 13 heteroatoms. The number of fused-ring (bicyclic) bond motifs is 2. The molecule has 0 radical (unpaired) electrons. The van der Waals surface area contributed by atoms with E-state index in [0.717, 1.165) is 89.0 Å². The molecular weight excluding hydrogens is 829 g/mol. The summed E-state index contributed by atoms with van der Waals surface area (Å²) < 4.78 is 53.0. The van der Waals surface area contributed by atoms with Crippen molar-refractivity contribution in [1.29, 1.82) is 0 Å². The standard InChI is InChI=1S/C52H70N2O11/c1-34-28-39-21-25-54(4,41(50(39)51(62-10)35(34)2)29-36-14-16-42(57-5)44(30-36)59-7)23-13-27-65-48(56)19-18-47(55)64-26-12-22-53(3)24-20-37-31-46(61-9)52(63-11)49(40(37)33-53)38-15-17-43(58-6)45(32-38)60-8/h14-17,28,30-32,41H,12-13,18-27,29,33H2,1-11H3/q+2. The van der Waals surface area contributed by atoms with Gasteiger partial charge in [0, 0.05) is 43.2 Å². The molecule has 6 rings (SSSR count). The second-order valence-electron chi connectivity index (χ2n) is 17.8. The van der Waals surface area contributed by atoms with E-state index < -0.39 is 11.9 Å². The number of carbonyl (C=O) groups is 2. The maximum atomic E-state index is 12.9. The second-order valence-corrected chi connectivity index (χ2v) is 17.8. The molecule has 3 atom stereocenters. The normalized spacial score (nSPS) is 18.7. The van der Waals surface area contributed by atoms with Gasteiger partial charge < -0.3 is 51.6 Å². The zero-order valence-electron chi connectivity index (χ0n) is 40.5. The number of aryl methyl sites for hydroxylation is 1. The maximum Gasteiger partial charge on any atom is 0.306 e. The van der Waals surface area contributed by atoms with Crippen molar-refractivity contribution in [2.75, 3.05) is 103 Å². The van der Waals surface area contributed by atoms with Crippen LogP contribution < -0.4 is 33.2 Å². The van der Waals surface area contributed by atoms with Crippen molar-refractivity contribution in [3.05, 3.63) is 87.5 Å². The fourth-order valence-corrected chi connectivity index (χ4v) is 9.90. The number of quaternary nitrogens is 2. The second kappa shape index (κ2) is 21.6. The van der Waals surface area contributed by atoms with Crippen LogP contribution in [0, 0.1) is 13.8 Å². The average molecular weight is 899 g/mol. The van der Waals surface area contributed by atoms with Crippen LogP contribution in [0.5, 0.6) is 40.2 Å². The molecule has 0 saturated carbocycles. The smallest absolute Gasteiger partial charge is 0.306 e. The fraction of sp³-hybridized carbons (Fsp3) is 0.500. The highest BCUT2D eigenvalue weighted by atomic mass is 16.5. The van der Waals surface area contributed by atoms with Gasteiger partial charge in [0.25, 0.3) is 0 Å². The lowest BCUT2D eigenvalue weighted by molar-refractivity contribution is -0.941. The van der Waals surface area contributed by atoms with Crippen molar-refractivity contribution in [1.82, 2.24) is 0 Å². The number of hydrogen-bond acceptors (Lipinski definition) is 11. The Morgan fingerprint density at radius 3 is 1.82 bits per heavy atom. The Hall–Kier alpha value is -5.66. The first kappa shape index (κ1) is 48.8. The molecule has 0 aromatic heterocycles. The van der Waals surface area contributed by atoms with Crippen LogP contribution in [0.4, 0.5) is 0 Å². The summed E-state index contributed by atoms with van der Waals surface area (Å²) >= 11 is 0. The van der Waals surface area contributed by atoms with Gasteiger partial charge in [0.2, 0.25) is 0 Å². The van der Waals surface area contributed by atoms with E-state index in [2.05, 4.69) is 52.2 Å². The molecule has 352 valence electrons. The van der Waals surface area contributed by atoms with Crippen LogP contribution in [0.1, 0.15) is 70.7 Å². The molecule has 2 aliphatic rings. The molecule has 0 spiro atoms. The Kier molecular flexibility index (Phi) is 16.2. The number of carbonyl (C=O) groups excluding carboxylic acids is 2. The number of esters is 2. The summed E-state index contributed by atoms with van der Waals surface area (Å²) in [6.07, 6.45) is 3.86. The highest BCUT2D eigenvalue weighted by molar-refractivity contribution is 5.80. The van der Waals surface area contributed by atoms with Crippen LogP contribution in [0.3, 0.4) is 0 Å². The van der Waals surface area contributed by atoms with Crippen LogP contribution in [0.25, 0.3) is 11.1 Å². The van der Waals surface area contributed by atoms with E-state index in [-0.39, 0.29) is 32.1 Å². The van der Waals surface area contributed by atoms with Crippen LogP contribution in [0.2, 0.25) is 0 Å². The summed E-state index contributed by atoms with van der Waals surface area (Å²) in [5.41, 5.74) is 10.4. The molecule has 13 nitrogen and oxygen atoms in total. The van der Waals surface area contributed by atoms with Gasteiger partial charge >= 0.3 is 11.9 Å². The molecule has 4 aromatic carbocycles. The largest absolute Gasteiger partial charge is 0.496 e. The molecular formula is C52H70N2O11+2. The lowest BCUT2D eigenvalue weighted by Gasteiger charge is -2.46. The predicted molar refractivity (Wildman–Crippen MR) is 250 cm³/mol. The van der Waals surface area contributed by atoms with Crippen molar-refractivity contribution in [3.63, 3.8) is 0 Å². The van der Waals surface area contributed by atoms with Crippen molar-refractivity contribution in [3.8, 4) is 51.4 Å². The molecule has 0 aliphatic carbocycles. The molecule has 0 bridgehead atoms. The van der Waals surface area contributed by atoms with Gasteiger partial charge in [0.05, 0.1) is 122 Å². The van der Waals surface area contributed by atoms with Crippen LogP contribution in [-0.2, 0) is 44.9 Å². The quantitative estimate of drug-likeness (QED) is 0.0458. The lowest BCUT2D eigenvalue weighted by Crippen LogP contribution is -2.53. The average Bonchev–Trinajstić information content (AvgIpc) is 3.31. The lowest BCUT2D eigenvalue weighted by atomic mass is 9.83. The van der Waals surface area contributed by atoms with Crippen LogP contribution in [-0.4, -0.2) is 124 Å².